The normalized spacial score (nSPS) is 17.6. The van der Waals surface area contributed by atoms with Gasteiger partial charge in [-0.05, 0) is 30.4 Å². The third-order valence-corrected chi connectivity index (χ3v) is 4.42. The van der Waals surface area contributed by atoms with Crippen LogP contribution in [0.1, 0.15) is 49.5 Å². The summed E-state index contributed by atoms with van der Waals surface area (Å²) >= 11 is 0. The highest BCUT2D eigenvalue weighted by Crippen LogP contribution is 2.34. The second-order valence-corrected chi connectivity index (χ2v) is 6.30. The van der Waals surface area contributed by atoms with Crippen molar-refractivity contribution >= 4 is 16.9 Å². The molecule has 0 saturated heterocycles. The highest BCUT2D eigenvalue weighted by Gasteiger charge is 2.27. The van der Waals surface area contributed by atoms with Gasteiger partial charge in [0.15, 0.2) is 0 Å². The predicted octanol–water partition coefficient (Wildman–Crippen LogP) is 3.33. The minimum Gasteiger partial charge on any atom is -0.350 e. The second-order valence-electron chi connectivity index (χ2n) is 6.30. The molecule has 1 aromatic carbocycles. The smallest absolute Gasteiger partial charge is 0.271 e. The molecule has 1 heterocycles. The van der Waals surface area contributed by atoms with E-state index >= 15 is 0 Å². The summed E-state index contributed by atoms with van der Waals surface area (Å²) in [7, 11) is 0. The molecule has 21 heavy (non-hydrogen) atoms. The van der Waals surface area contributed by atoms with E-state index < -0.39 is 0 Å². The van der Waals surface area contributed by atoms with Crippen LogP contribution < -0.4 is 5.32 Å². The Morgan fingerprint density at radius 3 is 2.67 bits per heavy atom. The van der Waals surface area contributed by atoms with E-state index in [4.69, 9.17) is 0 Å². The Hall–Kier alpha value is -1.97. The molecule has 0 bridgehead atoms. The van der Waals surface area contributed by atoms with Gasteiger partial charge in [0.2, 0.25) is 0 Å². The first-order valence-corrected chi connectivity index (χ1v) is 7.66. The lowest BCUT2D eigenvalue weighted by Crippen LogP contribution is -2.37. The third-order valence-electron chi connectivity index (χ3n) is 4.42. The van der Waals surface area contributed by atoms with Crippen LogP contribution in [0.4, 0.5) is 0 Å². The van der Waals surface area contributed by atoms with Crippen LogP contribution in [-0.2, 0) is 0 Å². The van der Waals surface area contributed by atoms with E-state index in [2.05, 4.69) is 22.2 Å². The number of benzene rings is 1. The van der Waals surface area contributed by atoms with Crippen molar-refractivity contribution in [2.75, 3.05) is 6.54 Å². The van der Waals surface area contributed by atoms with E-state index in [0.717, 1.165) is 17.6 Å². The Morgan fingerprint density at radius 1 is 1.19 bits per heavy atom. The van der Waals surface area contributed by atoms with Crippen LogP contribution in [0.5, 0.6) is 0 Å². The summed E-state index contributed by atoms with van der Waals surface area (Å²) in [5, 5.41) is 3.03. The van der Waals surface area contributed by atoms with Crippen molar-refractivity contribution in [3.63, 3.8) is 0 Å². The van der Waals surface area contributed by atoms with Gasteiger partial charge in [0.05, 0.1) is 17.2 Å². The van der Waals surface area contributed by atoms with E-state index in [1.807, 2.05) is 24.3 Å². The highest BCUT2D eigenvalue weighted by molar-refractivity contribution is 5.93. The molecule has 0 radical (unpaired) electrons. The zero-order valence-corrected chi connectivity index (χ0v) is 12.4. The van der Waals surface area contributed by atoms with Gasteiger partial charge in [-0.1, -0.05) is 38.3 Å². The number of hydrogen-bond acceptors (Lipinski definition) is 3. The van der Waals surface area contributed by atoms with Gasteiger partial charge in [-0.15, -0.1) is 0 Å². The molecule has 1 aliphatic carbocycles. The van der Waals surface area contributed by atoms with Crippen molar-refractivity contribution in [2.45, 2.75) is 39.0 Å². The Balaban J connectivity index is 1.69. The summed E-state index contributed by atoms with van der Waals surface area (Å²) in [5.74, 6) is -0.125. The van der Waals surface area contributed by atoms with Crippen LogP contribution in [0.15, 0.2) is 30.5 Å². The lowest BCUT2D eigenvalue weighted by molar-refractivity contribution is 0.0914. The van der Waals surface area contributed by atoms with Crippen LogP contribution in [0, 0.1) is 5.41 Å². The maximum atomic E-state index is 12.3. The second kappa shape index (κ2) is 5.80. The minimum absolute atomic E-state index is 0.125. The molecule has 0 unspecified atom stereocenters. The fraction of sp³-hybridized carbons (Fsp3) is 0.471. The summed E-state index contributed by atoms with van der Waals surface area (Å²) in [6.07, 6.45) is 7.79. The minimum atomic E-state index is -0.125. The maximum absolute atomic E-state index is 12.3. The van der Waals surface area contributed by atoms with Crippen LogP contribution in [0.3, 0.4) is 0 Å². The zero-order valence-electron chi connectivity index (χ0n) is 12.4. The van der Waals surface area contributed by atoms with Crippen molar-refractivity contribution in [1.29, 1.82) is 0 Å². The van der Waals surface area contributed by atoms with Gasteiger partial charge < -0.3 is 5.32 Å². The molecule has 1 aromatic heterocycles. The van der Waals surface area contributed by atoms with Crippen LogP contribution in [0.25, 0.3) is 11.0 Å². The molecule has 2 aromatic rings. The molecular weight excluding hydrogens is 262 g/mol. The first-order valence-electron chi connectivity index (χ1n) is 7.66. The van der Waals surface area contributed by atoms with E-state index in [0.29, 0.717) is 5.69 Å². The standard InChI is InChI=1S/C17H21N3O/c1-17(9-5-2-6-10-17)12-19-16(21)15-11-18-13-7-3-4-8-14(13)20-15/h3-4,7-8,11H,2,5-6,9-10,12H2,1H3,(H,19,21). The largest absolute Gasteiger partial charge is 0.350 e. The Morgan fingerprint density at radius 2 is 1.90 bits per heavy atom. The number of amides is 1. The van der Waals surface area contributed by atoms with Crippen molar-refractivity contribution in [2.24, 2.45) is 5.41 Å². The fourth-order valence-electron chi connectivity index (χ4n) is 3.03. The predicted molar refractivity (Wildman–Crippen MR) is 83.1 cm³/mol. The molecule has 1 aliphatic rings. The lowest BCUT2D eigenvalue weighted by atomic mass is 9.76. The number of fused-ring (bicyclic) bond motifs is 1. The molecule has 3 rings (SSSR count). The van der Waals surface area contributed by atoms with Gasteiger partial charge in [-0.3, -0.25) is 9.78 Å². The number of para-hydroxylation sites is 2. The number of carbonyl (C=O) groups excluding carboxylic acids is 1. The summed E-state index contributed by atoms with van der Waals surface area (Å²) in [6, 6.07) is 7.59. The monoisotopic (exact) mass is 283 g/mol. The molecule has 4 heteroatoms. The Labute approximate surface area is 125 Å². The van der Waals surface area contributed by atoms with Crippen LogP contribution in [0.2, 0.25) is 0 Å². The molecule has 0 atom stereocenters. The lowest BCUT2D eigenvalue weighted by Gasteiger charge is -2.33. The van der Waals surface area contributed by atoms with Crippen LogP contribution in [-0.4, -0.2) is 22.4 Å². The van der Waals surface area contributed by atoms with Crippen molar-refractivity contribution in [3.8, 4) is 0 Å². The molecule has 0 spiro atoms. The molecule has 1 N–H and O–H groups in total. The van der Waals surface area contributed by atoms with E-state index in [-0.39, 0.29) is 11.3 Å². The van der Waals surface area contributed by atoms with Gasteiger partial charge >= 0.3 is 0 Å². The fourth-order valence-corrected chi connectivity index (χ4v) is 3.03. The summed E-state index contributed by atoms with van der Waals surface area (Å²) in [4.78, 5) is 20.9. The molecule has 1 saturated carbocycles. The van der Waals surface area contributed by atoms with E-state index in [1.54, 1.807) is 6.20 Å². The number of nitrogens with one attached hydrogen (secondary N) is 1. The topological polar surface area (TPSA) is 54.9 Å². The quantitative estimate of drug-likeness (QED) is 0.940. The Kier molecular flexibility index (Phi) is 3.86. The summed E-state index contributed by atoms with van der Waals surface area (Å²) in [5.41, 5.74) is 2.20. The number of nitrogens with zero attached hydrogens (tertiary/aromatic N) is 2. The molecule has 0 aliphatic heterocycles. The number of carbonyl (C=O) groups is 1. The first kappa shape index (κ1) is 14.0. The summed E-state index contributed by atoms with van der Waals surface area (Å²) in [6.45, 7) is 2.98. The number of rotatable bonds is 3. The van der Waals surface area contributed by atoms with Gasteiger partial charge in [0.25, 0.3) is 5.91 Å². The molecule has 1 amide bonds. The SMILES string of the molecule is CC1(CNC(=O)c2cnc3ccccc3n2)CCCCC1. The van der Waals surface area contributed by atoms with Gasteiger partial charge in [0, 0.05) is 6.54 Å². The highest BCUT2D eigenvalue weighted by atomic mass is 16.1. The van der Waals surface area contributed by atoms with Crippen molar-refractivity contribution in [3.05, 3.63) is 36.2 Å². The van der Waals surface area contributed by atoms with E-state index in [9.17, 15) is 4.79 Å². The first-order chi connectivity index (χ1) is 10.2. The van der Waals surface area contributed by atoms with Crippen LogP contribution >= 0.6 is 0 Å². The third kappa shape index (κ3) is 3.20. The van der Waals surface area contributed by atoms with Crippen molar-refractivity contribution in [1.82, 2.24) is 15.3 Å². The van der Waals surface area contributed by atoms with E-state index in [1.165, 1.54) is 32.1 Å². The van der Waals surface area contributed by atoms with Gasteiger partial charge in [0.1, 0.15) is 5.69 Å². The number of hydrogen-bond donors (Lipinski definition) is 1. The van der Waals surface area contributed by atoms with Crippen molar-refractivity contribution < 1.29 is 4.79 Å². The molecule has 4 nitrogen and oxygen atoms in total. The Bertz CT molecular complexity index is 647. The maximum Gasteiger partial charge on any atom is 0.271 e. The average Bonchev–Trinajstić information content (AvgIpc) is 2.53. The molecule has 110 valence electrons. The molecule has 1 fully saturated rings. The van der Waals surface area contributed by atoms with Gasteiger partial charge in [-0.25, -0.2) is 4.98 Å². The number of aromatic nitrogens is 2. The van der Waals surface area contributed by atoms with Gasteiger partial charge in [-0.2, -0.15) is 0 Å². The molecular formula is C17H21N3O. The average molecular weight is 283 g/mol. The zero-order chi connectivity index (χ0) is 14.7. The summed E-state index contributed by atoms with van der Waals surface area (Å²) < 4.78 is 0.